The predicted octanol–water partition coefficient (Wildman–Crippen LogP) is 1.85. The van der Waals surface area contributed by atoms with Crippen LogP contribution in [0.5, 0.6) is 0 Å². The number of ether oxygens (including phenoxy) is 2. The van der Waals surface area contributed by atoms with Gasteiger partial charge in [0.2, 0.25) is 0 Å². The van der Waals surface area contributed by atoms with Gasteiger partial charge < -0.3 is 30.2 Å². The second kappa shape index (κ2) is 20.5. The van der Waals surface area contributed by atoms with Gasteiger partial charge in [0.05, 0.1) is 25.7 Å². The summed E-state index contributed by atoms with van der Waals surface area (Å²) in [5.41, 5.74) is 3.38. The smallest absolute Gasteiger partial charge is 0.648 e. The van der Waals surface area contributed by atoms with Crippen molar-refractivity contribution < 1.29 is 86.8 Å². The standard InChI is InChI=1S/C29H43N3O6.Rb/c1-21(22(2)33)9-6-7-16-31-29(36)38-18-8-17-37-20-27(34)32-19-23-12-14-24(15-13-23)28(35)25-10-4-5-11-26(25)30-3;/h12-15,21H,4-11,16-20H2,1-3H3,(H3,30,31,32,34,35,36);/q;+1/p-1. The Bertz CT molecular complexity index is 964. The van der Waals surface area contributed by atoms with Gasteiger partial charge in [-0.15, -0.1) is 6.54 Å². The minimum Gasteiger partial charge on any atom is -0.648 e. The third-order valence-electron chi connectivity index (χ3n) is 6.62. The monoisotopic (exact) mass is 613 g/mol. The third kappa shape index (κ3) is 14.2. The van der Waals surface area contributed by atoms with E-state index in [1.54, 1.807) is 19.1 Å². The molecule has 0 radical (unpaired) electrons. The van der Waals surface area contributed by atoms with Crippen LogP contribution >= 0.6 is 0 Å². The van der Waals surface area contributed by atoms with E-state index in [4.69, 9.17) is 9.47 Å². The number of carbonyl (C=O) groups is 4. The summed E-state index contributed by atoms with van der Waals surface area (Å²) in [6, 6.07) is 7.22. The van der Waals surface area contributed by atoms with Gasteiger partial charge in [0, 0.05) is 42.8 Å². The summed E-state index contributed by atoms with van der Waals surface area (Å²) in [4.78, 5) is 47.7. The molecule has 0 saturated heterocycles. The Labute approximate surface area is 281 Å². The first-order valence-electron chi connectivity index (χ1n) is 13.5. The number of benzene rings is 1. The van der Waals surface area contributed by atoms with Crippen LogP contribution < -0.4 is 68.8 Å². The molecule has 0 aliphatic heterocycles. The molecule has 39 heavy (non-hydrogen) atoms. The van der Waals surface area contributed by atoms with Crippen LogP contribution in [0.3, 0.4) is 0 Å². The molecule has 9 nitrogen and oxygen atoms in total. The van der Waals surface area contributed by atoms with Crippen molar-refractivity contribution in [3.05, 3.63) is 52.0 Å². The van der Waals surface area contributed by atoms with Crippen molar-refractivity contribution in [1.29, 1.82) is 0 Å². The van der Waals surface area contributed by atoms with E-state index in [9.17, 15) is 19.2 Å². The van der Waals surface area contributed by atoms with E-state index < -0.39 is 6.09 Å². The summed E-state index contributed by atoms with van der Waals surface area (Å²) in [6.45, 7) is 4.56. The molecule has 210 valence electrons. The number of hydrogen-bond donors (Lipinski definition) is 2. The van der Waals surface area contributed by atoms with E-state index in [-0.39, 0.29) is 108 Å². The van der Waals surface area contributed by atoms with Crippen molar-refractivity contribution in [2.45, 2.75) is 71.8 Å². The van der Waals surface area contributed by atoms with Crippen molar-refractivity contribution >= 4 is 23.6 Å². The van der Waals surface area contributed by atoms with Gasteiger partial charge in [-0.25, -0.2) is 4.79 Å². The van der Waals surface area contributed by atoms with E-state index >= 15 is 0 Å². The van der Waals surface area contributed by atoms with E-state index in [0.717, 1.165) is 61.8 Å². The van der Waals surface area contributed by atoms with Crippen molar-refractivity contribution in [2.24, 2.45) is 5.92 Å². The first kappa shape index (κ1) is 35.6. The van der Waals surface area contributed by atoms with E-state index in [0.29, 0.717) is 18.5 Å². The van der Waals surface area contributed by atoms with Gasteiger partial charge in [-0.2, -0.15) is 0 Å². The van der Waals surface area contributed by atoms with Crippen molar-refractivity contribution in [2.75, 3.05) is 33.4 Å². The van der Waals surface area contributed by atoms with Crippen LogP contribution in [0.2, 0.25) is 0 Å². The average molecular weight is 614 g/mol. The van der Waals surface area contributed by atoms with E-state index in [2.05, 4.69) is 16.0 Å². The number of alkyl carbamates (subject to hydrolysis) is 1. The SMILES string of the molecule is CNC1=C(C(=O)c2ccc(C[N-]C(=O)COCCCOC(=O)NCCCCC(C)C(C)=O)cc2)CCCC1.[Rb+]. The molecule has 0 spiro atoms. The molecule has 1 aliphatic rings. The maximum absolute atomic E-state index is 12.9. The van der Waals surface area contributed by atoms with Gasteiger partial charge >= 0.3 is 64.3 Å². The normalized spacial score (nSPS) is 13.6. The van der Waals surface area contributed by atoms with Gasteiger partial charge in [0.15, 0.2) is 5.78 Å². The van der Waals surface area contributed by atoms with Crippen LogP contribution in [-0.2, 0) is 25.6 Å². The Morgan fingerprint density at radius 1 is 1.00 bits per heavy atom. The molecular formula is C29H42N3O6Rb. The average Bonchev–Trinajstić information content (AvgIpc) is 2.93. The van der Waals surface area contributed by atoms with E-state index in [1.165, 1.54) is 0 Å². The van der Waals surface area contributed by atoms with Crippen molar-refractivity contribution in [1.82, 2.24) is 10.6 Å². The summed E-state index contributed by atoms with van der Waals surface area (Å²) < 4.78 is 10.4. The first-order chi connectivity index (χ1) is 18.3. The van der Waals surface area contributed by atoms with Crippen LogP contribution in [0.25, 0.3) is 5.32 Å². The fourth-order valence-corrected chi connectivity index (χ4v) is 4.10. The van der Waals surface area contributed by atoms with Crippen LogP contribution in [0.4, 0.5) is 4.79 Å². The second-order valence-corrected chi connectivity index (χ2v) is 9.63. The molecule has 10 heteroatoms. The zero-order valence-corrected chi connectivity index (χ0v) is 28.9. The number of allylic oxidation sites excluding steroid dienone is 2. The van der Waals surface area contributed by atoms with Crippen LogP contribution in [-0.4, -0.2) is 57.0 Å². The quantitative estimate of drug-likeness (QED) is 0.203. The number of amides is 2. The number of Topliss-reactive ketones (excluding diaryl/α,β-unsaturated/α-hetero) is 2. The molecule has 1 aromatic rings. The number of nitrogens with zero attached hydrogens (tertiary/aromatic N) is 1. The van der Waals surface area contributed by atoms with Gasteiger partial charge in [0.25, 0.3) is 0 Å². The molecule has 0 aromatic heterocycles. The summed E-state index contributed by atoms with van der Waals surface area (Å²) in [5.74, 6) is -0.0696. The molecule has 2 N–H and O–H groups in total. The molecule has 1 unspecified atom stereocenters. The number of ketones is 2. The number of hydrogen-bond acceptors (Lipinski definition) is 7. The largest absolute Gasteiger partial charge is 1.00 e. The summed E-state index contributed by atoms with van der Waals surface area (Å²) in [6.07, 6.45) is 6.29. The Kier molecular flexibility index (Phi) is 18.7. The van der Waals surface area contributed by atoms with Crippen LogP contribution in [0, 0.1) is 5.92 Å². The fourth-order valence-electron chi connectivity index (χ4n) is 4.10. The van der Waals surface area contributed by atoms with Gasteiger partial charge in [-0.1, -0.05) is 43.2 Å². The Hall–Kier alpha value is -1.39. The second-order valence-electron chi connectivity index (χ2n) is 9.63. The molecule has 1 aromatic carbocycles. The van der Waals surface area contributed by atoms with Crippen molar-refractivity contribution in [3.8, 4) is 0 Å². The predicted molar refractivity (Wildman–Crippen MR) is 146 cm³/mol. The summed E-state index contributed by atoms with van der Waals surface area (Å²) in [5, 5.41) is 9.85. The molecule has 0 heterocycles. The maximum atomic E-state index is 12.9. The summed E-state index contributed by atoms with van der Waals surface area (Å²) in [7, 11) is 1.86. The number of nitrogens with one attached hydrogen (secondary N) is 2. The molecule has 0 fully saturated rings. The fraction of sp³-hybridized carbons (Fsp3) is 0.586. The number of unbranched alkanes of at least 4 members (excludes halogenated alkanes) is 1. The number of carbonyl (C=O) groups excluding carboxylic acids is 4. The minimum atomic E-state index is -0.485. The molecule has 2 amide bonds. The zero-order chi connectivity index (χ0) is 27.8. The molecule has 0 bridgehead atoms. The van der Waals surface area contributed by atoms with Crippen LogP contribution in [0.1, 0.15) is 81.1 Å². The molecule has 1 atom stereocenters. The Balaban J connectivity index is 0.00000760. The molecule has 2 rings (SSSR count). The molecule has 1 aliphatic carbocycles. The van der Waals surface area contributed by atoms with E-state index in [1.807, 2.05) is 26.1 Å². The van der Waals surface area contributed by atoms with Gasteiger partial charge in [0.1, 0.15) is 5.78 Å². The number of rotatable bonds is 17. The Morgan fingerprint density at radius 3 is 2.41 bits per heavy atom. The molecular weight excluding hydrogens is 572 g/mol. The Morgan fingerprint density at radius 2 is 1.72 bits per heavy atom. The zero-order valence-electron chi connectivity index (χ0n) is 24.0. The topological polar surface area (TPSA) is 125 Å². The van der Waals surface area contributed by atoms with Crippen molar-refractivity contribution in [3.63, 3.8) is 0 Å². The maximum Gasteiger partial charge on any atom is 1.00 e. The summed E-state index contributed by atoms with van der Waals surface area (Å²) >= 11 is 0. The van der Waals surface area contributed by atoms with Gasteiger partial charge in [-0.05, 0) is 45.4 Å². The minimum absolute atomic E-state index is 0. The third-order valence-corrected chi connectivity index (χ3v) is 6.62. The first-order valence-corrected chi connectivity index (χ1v) is 13.5. The van der Waals surface area contributed by atoms with Gasteiger partial charge in [-0.3, -0.25) is 9.59 Å². The molecule has 0 saturated carbocycles. The van der Waals surface area contributed by atoms with Crippen LogP contribution in [0.15, 0.2) is 35.5 Å².